The number of methoxy groups -OCH3 is 1. The molecule has 1 fully saturated rings. The monoisotopic (exact) mass is 553 g/mol. The zero-order valence-electron chi connectivity index (χ0n) is 22.1. The highest BCUT2D eigenvalue weighted by atomic mass is 32.2. The van der Waals surface area contributed by atoms with Crippen molar-refractivity contribution in [3.63, 3.8) is 0 Å². The number of sulfonamides is 1. The van der Waals surface area contributed by atoms with Crippen molar-refractivity contribution in [1.29, 1.82) is 0 Å². The average Bonchev–Trinajstić information content (AvgIpc) is 2.85. The predicted molar refractivity (Wildman–Crippen MR) is 146 cm³/mol. The standard InChI is InChI=1S/C28H31N3O7S/c1-28(2,3)30-27(33)31-39(34,35)25-15-20(26(32)29-21-16-37-17-21)10-13-24(25)38-23-7-5-6-19(14-23)18-8-11-22(36-4)12-9-18/h5-15,21H,16-17H2,1-4H3,(H,29,32)(H2,30,31,33). The summed E-state index contributed by atoms with van der Waals surface area (Å²) in [5.74, 6) is 0.564. The smallest absolute Gasteiger partial charge is 0.329 e. The molecular formula is C28H31N3O7S. The van der Waals surface area contributed by atoms with Gasteiger partial charge in [0.25, 0.3) is 15.9 Å². The molecule has 0 spiro atoms. The number of carbonyl (C=O) groups is 2. The summed E-state index contributed by atoms with van der Waals surface area (Å²) in [5, 5.41) is 5.33. The number of urea groups is 1. The maximum absolute atomic E-state index is 13.3. The van der Waals surface area contributed by atoms with Gasteiger partial charge in [-0.2, -0.15) is 0 Å². The first-order chi connectivity index (χ1) is 18.4. The Morgan fingerprint density at radius 3 is 2.26 bits per heavy atom. The topological polar surface area (TPSA) is 132 Å². The zero-order chi connectivity index (χ0) is 28.2. The number of benzene rings is 3. The molecule has 4 rings (SSSR count). The highest BCUT2D eigenvalue weighted by Gasteiger charge is 2.27. The second-order valence-corrected chi connectivity index (χ2v) is 11.7. The fourth-order valence-corrected chi connectivity index (χ4v) is 4.79. The third kappa shape index (κ3) is 7.27. The van der Waals surface area contributed by atoms with E-state index in [1.54, 1.807) is 46.1 Å². The molecule has 11 heteroatoms. The molecule has 0 aromatic heterocycles. The largest absolute Gasteiger partial charge is 0.497 e. The van der Waals surface area contributed by atoms with E-state index in [-0.39, 0.29) is 22.3 Å². The van der Waals surface area contributed by atoms with Crippen LogP contribution in [0.4, 0.5) is 4.79 Å². The molecule has 1 aliphatic rings. The minimum Gasteiger partial charge on any atom is -0.497 e. The molecule has 0 atom stereocenters. The summed E-state index contributed by atoms with van der Waals surface area (Å²) >= 11 is 0. The Kier molecular flexibility index (Phi) is 8.12. The van der Waals surface area contributed by atoms with Crippen molar-refractivity contribution >= 4 is 22.0 Å². The van der Waals surface area contributed by atoms with E-state index in [9.17, 15) is 18.0 Å². The Hall–Kier alpha value is -4.09. The molecule has 1 heterocycles. The normalized spacial score (nSPS) is 13.6. The molecule has 1 saturated heterocycles. The lowest BCUT2D eigenvalue weighted by atomic mass is 10.1. The van der Waals surface area contributed by atoms with Crippen molar-refractivity contribution in [2.75, 3.05) is 20.3 Å². The molecule has 0 unspecified atom stereocenters. The molecule has 1 aliphatic heterocycles. The average molecular weight is 554 g/mol. The second-order valence-electron chi connectivity index (χ2n) is 10.0. The Morgan fingerprint density at radius 2 is 1.64 bits per heavy atom. The van der Waals surface area contributed by atoms with Crippen molar-refractivity contribution in [3.05, 3.63) is 72.3 Å². The highest BCUT2D eigenvalue weighted by molar-refractivity contribution is 7.90. The zero-order valence-corrected chi connectivity index (χ0v) is 22.9. The summed E-state index contributed by atoms with van der Waals surface area (Å²) in [6, 6.07) is 17.6. The predicted octanol–water partition coefficient (Wildman–Crippen LogP) is 4.07. The lowest BCUT2D eigenvalue weighted by molar-refractivity contribution is -0.00346. The van der Waals surface area contributed by atoms with Crippen LogP contribution in [0.15, 0.2) is 71.6 Å². The SMILES string of the molecule is COc1ccc(-c2cccc(Oc3ccc(C(=O)NC4COC4)cc3S(=O)(=O)NC(=O)NC(C)(C)C)c2)cc1. The summed E-state index contributed by atoms with van der Waals surface area (Å²) in [5.41, 5.74) is 1.16. The van der Waals surface area contributed by atoms with Gasteiger partial charge < -0.3 is 24.8 Å². The maximum atomic E-state index is 13.3. The first-order valence-electron chi connectivity index (χ1n) is 12.2. The molecule has 0 radical (unpaired) electrons. The van der Waals surface area contributed by atoms with Gasteiger partial charge >= 0.3 is 6.03 Å². The minimum atomic E-state index is -4.43. The quantitative estimate of drug-likeness (QED) is 0.383. The summed E-state index contributed by atoms with van der Waals surface area (Å²) in [7, 11) is -2.84. The van der Waals surface area contributed by atoms with Gasteiger partial charge in [0.15, 0.2) is 0 Å². The Morgan fingerprint density at radius 1 is 0.923 bits per heavy atom. The number of nitrogens with one attached hydrogen (secondary N) is 3. The molecule has 3 aromatic carbocycles. The molecule has 0 saturated carbocycles. The number of ether oxygens (including phenoxy) is 3. The van der Waals surface area contributed by atoms with E-state index >= 15 is 0 Å². The minimum absolute atomic E-state index is 0.0542. The lowest BCUT2D eigenvalue weighted by Gasteiger charge is -2.27. The van der Waals surface area contributed by atoms with Crippen LogP contribution in [0.2, 0.25) is 0 Å². The van der Waals surface area contributed by atoms with Gasteiger partial charge in [-0.05, 0) is 74.4 Å². The molecule has 10 nitrogen and oxygen atoms in total. The third-order valence-corrected chi connectivity index (χ3v) is 7.02. The first kappa shape index (κ1) is 27.9. The number of rotatable bonds is 8. The van der Waals surface area contributed by atoms with E-state index in [0.717, 1.165) is 16.9 Å². The van der Waals surface area contributed by atoms with Gasteiger partial charge in [-0.25, -0.2) is 17.9 Å². The number of hydrogen-bond donors (Lipinski definition) is 3. The molecule has 3 N–H and O–H groups in total. The molecule has 0 aliphatic carbocycles. The van der Waals surface area contributed by atoms with Crippen LogP contribution in [0.5, 0.6) is 17.2 Å². The van der Waals surface area contributed by atoms with E-state index in [1.165, 1.54) is 18.2 Å². The van der Waals surface area contributed by atoms with Crippen molar-refractivity contribution in [2.24, 2.45) is 0 Å². The maximum Gasteiger partial charge on any atom is 0.329 e. The van der Waals surface area contributed by atoms with Crippen molar-refractivity contribution in [2.45, 2.75) is 37.2 Å². The first-order valence-corrected chi connectivity index (χ1v) is 13.7. The number of hydrogen-bond acceptors (Lipinski definition) is 7. The van der Waals surface area contributed by atoms with Crippen LogP contribution in [0, 0.1) is 0 Å². The summed E-state index contributed by atoms with van der Waals surface area (Å²) in [4.78, 5) is 24.8. The molecular weight excluding hydrogens is 522 g/mol. The van der Waals surface area contributed by atoms with Crippen LogP contribution in [0.1, 0.15) is 31.1 Å². The third-order valence-electron chi connectivity index (χ3n) is 5.67. The van der Waals surface area contributed by atoms with Crippen LogP contribution in [0.25, 0.3) is 11.1 Å². The highest BCUT2D eigenvalue weighted by Crippen LogP contribution is 2.33. The second kappa shape index (κ2) is 11.3. The van der Waals surface area contributed by atoms with E-state index in [4.69, 9.17) is 14.2 Å². The van der Waals surface area contributed by atoms with Crippen LogP contribution in [-0.2, 0) is 14.8 Å². The van der Waals surface area contributed by atoms with Crippen LogP contribution >= 0.6 is 0 Å². The van der Waals surface area contributed by atoms with Gasteiger partial charge in [0.1, 0.15) is 22.1 Å². The van der Waals surface area contributed by atoms with Gasteiger partial charge in [0.2, 0.25) is 0 Å². The van der Waals surface area contributed by atoms with Gasteiger partial charge in [0, 0.05) is 11.1 Å². The number of amides is 3. The molecule has 3 aromatic rings. The Bertz CT molecular complexity index is 1460. The summed E-state index contributed by atoms with van der Waals surface area (Å²) in [6.07, 6.45) is 0. The van der Waals surface area contributed by atoms with Crippen molar-refractivity contribution < 1.29 is 32.2 Å². The lowest BCUT2D eigenvalue weighted by Crippen LogP contribution is -2.48. The van der Waals surface area contributed by atoms with E-state index in [0.29, 0.717) is 19.0 Å². The van der Waals surface area contributed by atoms with Gasteiger partial charge in [-0.1, -0.05) is 24.3 Å². The van der Waals surface area contributed by atoms with Crippen LogP contribution < -0.4 is 24.8 Å². The molecule has 39 heavy (non-hydrogen) atoms. The molecule has 3 amide bonds. The molecule has 0 bridgehead atoms. The summed E-state index contributed by atoms with van der Waals surface area (Å²) in [6.45, 7) is 5.93. The van der Waals surface area contributed by atoms with E-state index < -0.39 is 27.5 Å². The van der Waals surface area contributed by atoms with E-state index in [1.807, 2.05) is 35.1 Å². The van der Waals surface area contributed by atoms with Gasteiger partial charge in [-0.3, -0.25) is 4.79 Å². The van der Waals surface area contributed by atoms with Gasteiger partial charge in [-0.15, -0.1) is 0 Å². The Balaban J connectivity index is 1.66. The van der Waals surface area contributed by atoms with E-state index in [2.05, 4.69) is 10.6 Å². The van der Waals surface area contributed by atoms with Crippen LogP contribution in [-0.4, -0.2) is 52.3 Å². The fraction of sp³-hybridized carbons (Fsp3) is 0.286. The van der Waals surface area contributed by atoms with Gasteiger partial charge in [0.05, 0.1) is 26.4 Å². The fourth-order valence-electron chi connectivity index (χ4n) is 3.72. The van der Waals surface area contributed by atoms with Crippen molar-refractivity contribution in [3.8, 4) is 28.4 Å². The Labute approximate surface area is 227 Å². The van der Waals surface area contributed by atoms with Crippen LogP contribution in [0.3, 0.4) is 0 Å². The summed E-state index contributed by atoms with van der Waals surface area (Å²) < 4.78 is 45.0. The van der Waals surface area contributed by atoms with Crippen molar-refractivity contribution in [1.82, 2.24) is 15.4 Å². The molecule has 206 valence electrons. The number of carbonyl (C=O) groups excluding carboxylic acids is 2.